The number of alkyl halides is 3. The minimum absolute atomic E-state index is 0.0366. The van der Waals surface area contributed by atoms with E-state index in [2.05, 4.69) is 5.32 Å². The molecule has 0 aromatic heterocycles. The van der Waals surface area contributed by atoms with Gasteiger partial charge in [-0.3, -0.25) is 4.79 Å². The molecule has 0 atom stereocenters. The quantitative estimate of drug-likeness (QED) is 0.632. The molecule has 168 valence electrons. The fourth-order valence-corrected chi connectivity index (χ4v) is 5.33. The number of halogens is 4. The first-order valence-corrected chi connectivity index (χ1v) is 11.3. The predicted octanol–water partition coefficient (Wildman–Crippen LogP) is 4.81. The van der Waals surface area contributed by atoms with Crippen LogP contribution in [-0.2, 0) is 21.0 Å². The van der Waals surface area contributed by atoms with Crippen molar-refractivity contribution in [3.05, 3.63) is 59.9 Å². The third-order valence-electron chi connectivity index (χ3n) is 5.19. The fraction of sp³-hybridized carbons (Fsp3) is 0.381. The highest BCUT2D eigenvalue weighted by molar-refractivity contribution is 7.89. The average Bonchev–Trinajstić information content (AvgIpc) is 2.74. The first kappa shape index (κ1) is 23.2. The predicted molar refractivity (Wildman–Crippen MR) is 107 cm³/mol. The van der Waals surface area contributed by atoms with Crippen molar-refractivity contribution in [1.29, 1.82) is 0 Å². The molecule has 5 nitrogen and oxygen atoms in total. The van der Waals surface area contributed by atoms with E-state index in [1.54, 1.807) is 18.2 Å². The SMILES string of the molecule is O=C(CN(C1CCCCC1)S(=O)(=O)c1ccccc1)Nc1ccc(F)c(C(F)(F)F)c1. The van der Waals surface area contributed by atoms with Crippen molar-refractivity contribution in [2.45, 2.75) is 49.2 Å². The summed E-state index contributed by atoms with van der Waals surface area (Å²) >= 11 is 0. The van der Waals surface area contributed by atoms with Crippen molar-refractivity contribution in [3.63, 3.8) is 0 Å². The number of rotatable bonds is 6. The van der Waals surface area contributed by atoms with E-state index in [4.69, 9.17) is 0 Å². The van der Waals surface area contributed by atoms with Crippen molar-refractivity contribution >= 4 is 21.6 Å². The molecule has 0 heterocycles. The Kier molecular flexibility index (Phi) is 7.00. The lowest BCUT2D eigenvalue weighted by atomic mass is 9.95. The number of carbonyl (C=O) groups is 1. The molecule has 1 saturated carbocycles. The number of amides is 1. The lowest BCUT2D eigenvalue weighted by molar-refractivity contribution is -0.140. The van der Waals surface area contributed by atoms with Gasteiger partial charge in [0.15, 0.2) is 0 Å². The Balaban J connectivity index is 1.84. The minimum Gasteiger partial charge on any atom is -0.325 e. The van der Waals surface area contributed by atoms with Gasteiger partial charge in [0.05, 0.1) is 17.0 Å². The third-order valence-corrected chi connectivity index (χ3v) is 7.10. The summed E-state index contributed by atoms with van der Waals surface area (Å²) in [5, 5.41) is 2.26. The van der Waals surface area contributed by atoms with Crippen LogP contribution in [0.5, 0.6) is 0 Å². The first-order chi connectivity index (χ1) is 14.6. The Morgan fingerprint density at radius 2 is 1.68 bits per heavy atom. The molecule has 31 heavy (non-hydrogen) atoms. The Morgan fingerprint density at radius 1 is 1.03 bits per heavy atom. The van der Waals surface area contributed by atoms with E-state index in [0.29, 0.717) is 25.0 Å². The van der Waals surface area contributed by atoms with Gasteiger partial charge in [0, 0.05) is 11.7 Å². The first-order valence-electron chi connectivity index (χ1n) is 9.82. The summed E-state index contributed by atoms with van der Waals surface area (Å²) in [6.07, 6.45) is -1.13. The van der Waals surface area contributed by atoms with Gasteiger partial charge >= 0.3 is 6.18 Å². The minimum atomic E-state index is -4.92. The van der Waals surface area contributed by atoms with E-state index in [0.717, 1.165) is 29.6 Å². The molecule has 0 spiro atoms. The molecule has 0 saturated heterocycles. The van der Waals surface area contributed by atoms with Crippen molar-refractivity contribution in [1.82, 2.24) is 4.31 Å². The molecule has 0 bridgehead atoms. The second kappa shape index (κ2) is 9.35. The van der Waals surface area contributed by atoms with Gasteiger partial charge in [0.1, 0.15) is 5.82 Å². The second-order valence-electron chi connectivity index (χ2n) is 7.40. The smallest absolute Gasteiger partial charge is 0.325 e. The van der Waals surface area contributed by atoms with Crippen LogP contribution in [0.3, 0.4) is 0 Å². The van der Waals surface area contributed by atoms with Crippen molar-refractivity contribution in [2.75, 3.05) is 11.9 Å². The molecule has 3 rings (SSSR count). The summed E-state index contributed by atoms with van der Waals surface area (Å²) in [6.45, 7) is -0.555. The van der Waals surface area contributed by atoms with Crippen molar-refractivity contribution in [3.8, 4) is 0 Å². The molecule has 1 aliphatic carbocycles. The van der Waals surface area contributed by atoms with Gasteiger partial charge in [-0.25, -0.2) is 12.8 Å². The van der Waals surface area contributed by atoms with Crippen LogP contribution in [-0.4, -0.2) is 31.2 Å². The van der Waals surface area contributed by atoms with Gasteiger partial charge < -0.3 is 5.32 Å². The normalized spacial score (nSPS) is 15.8. The number of hydrogen-bond donors (Lipinski definition) is 1. The maximum atomic E-state index is 13.5. The molecule has 1 fully saturated rings. The standard InChI is InChI=1S/C21H22F4N2O3S/c22-19-12-11-15(13-18(19)21(23,24)25)26-20(28)14-27(16-7-3-1-4-8-16)31(29,30)17-9-5-2-6-10-17/h2,5-6,9-13,16H,1,3-4,7-8,14H2,(H,26,28). The number of nitrogens with one attached hydrogen (secondary N) is 1. The largest absolute Gasteiger partial charge is 0.419 e. The van der Waals surface area contributed by atoms with Gasteiger partial charge in [0.2, 0.25) is 15.9 Å². The van der Waals surface area contributed by atoms with Crippen LogP contribution in [0.2, 0.25) is 0 Å². The molecule has 0 radical (unpaired) electrons. The van der Waals surface area contributed by atoms with Gasteiger partial charge in [0.25, 0.3) is 0 Å². The molecule has 2 aromatic rings. The van der Waals surface area contributed by atoms with Crippen LogP contribution in [0.15, 0.2) is 53.4 Å². The summed E-state index contributed by atoms with van der Waals surface area (Å²) in [5.74, 6) is -2.26. The monoisotopic (exact) mass is 458 g/mol. The Labute approximate surface area is 178 Å². The van der Waals surface area contributed by atoms with Crippen molar-refractivity contribution < 1.29 is 30.8 Å². The summed E-state index contributed by atoms with van der Waals surface area (Å²) in [7, 11) is -3.99. The van der Waals surface area contributed by atoms with E-state index < -0.39 is 40.0 Å². The van der Waals surface area contributed by atoms with Crippen LogP contribution < -0.4 is 5.32 Å². The summed E-state index contributed by atoms with van der Waals surface area (Å²) in [4.78, 5) is 12.6. The molecule has 1 aliphatic rings. The fourth-order valence-electron chi connectivity index (χ4n) is 3.67. The van der Waals surface area contributed by atoms with Crippen LogP contribution >= 0.6 is 0 Å². The highest BCUT2D eigenvalue weighted by Gasteiger charge is 2.36. The highest BCUT2D eigenvalue weighted by Crippen LogP contribution is 2.33. The number of sulfonamides is 1. The third kappa shape index (κ3) is 5.62. The van der Waals surface area contributed by atoms with E-state index in [1.165, 1.54) is 12.1 Å². The molecule has 2 aromatic carbocycles. The van der Waals surface area contributed by atoms with E-state index in [9.17, 15) is 30.8 Å². The topological polar surface area (TPSA) is 66.5 Å². The summed E-state index contributed by atoms with van der Waals surface area (Å²) in [6, 6.07) is 9.39. The summed E-state index contributed by atoms with van der Waals surface area (Å²) < 4.78 is 79.8. The number of carbonyl (C=O) groups excluding carboxylic acids is 1. The molecule has 10 heteroatoms. The van der Waals surface area contributed by atoms with Crippen LogP contribution in [0.25, 0.3) is 0 Å². The summed E-state index contributed by atoms with van der Waals surface area (Å²) in [5.41, 5.74) is -1.77. The maximum absolute atomic E-state index is 13.5. The van der Waals surface area contributed by atoms with Crippen LogP contribution in [0, 0.1) is 5.82 Å². The zero-order valence-corrected chi connectivity index (χ0v) is 17.3. The maximum Gasteiger partial charge on any atom is 0.419 e. The number of benzene rings is 2. The van der Waals surface area contributed by atoms with Gasteiger partial charge in [-0.15, -0.1) is 0 Å². The van der Waals surface area contributed by atoms with E-state index >= 15 is 0 Å². The Bertz CT molecular complexity index is 1020. The van der Waals surface area contributed by atoms with Crippen LogP contribution in [0.4, 0.5) is 23.2 Å². The molecular formula is C21H22F4N2O3S. The zero-order chi connectivity index (χ0) is 22.6. The second-order valence-corrected chi connectivity index (χ2v) is 9.29. The number of hydrogen-bond acceptors (Lipinski definition) is 3. The lowest BCUT2D eigenvalue weighted by Crippen LogP contribution is -2.45. The van der Waals surface area contributed by atoms with Crippen LogP contribution in [0.1, 0.15) is 37.7 Å². The average molecular weight is 458 g/mol. The molecular weight excluding hydrogens is 436 g/mol. The highest BCUT2D eigenvalue weighted by atomic mass is 32.2. The van der Waals surface area contributed by atoms with Crippen molar-refractivity contribution in [2.24, 2.45) is 0 Å². The number of nitrogens with zero attached hydrogens (tertiary/aromatic N) is 1. The zero-order valence-electron chi connectivity index (χ0n) is 16.5. The van der Waals surface area contributed by atoms with Gasteiger partial charge in [-0.1, -0.05) is 37.5 Å². The molecule has 1 amide bonds. The lowest BCUT2D eigenvalue weighted by Gasteiger charge is -2.33. The van der Waals surface area contributed by atoms with Gasteiger partial charge in [-0.2, -0.15) is 17.5 Å². The Morgan fingerprint density at radius 3 is 2.29 bits per heavy atom. The number of anilines is 1. The molecule has 0 unspecified atom stereocenters. The molecule has 0 aliphatic heterocycles. The molecule has 1 N–H and O–H groups in total. The Hall–Kier alpha value is -2.46. The van der Waals surface area contributed by atoms with Gasteiger partial charge in [-0.05, 0) is 43.2 Å². The van der Waals surface area contributed by atoms with E-state index in [-0.39, 0.29) is 16.6 Å². The van der Waals surface area contributed by atoms with E-state index in [1.807, 2.05) is 0 Å².